The fourth-order valence-corrected chi connectivity index (χ4v) is 1.39. The summed E-state index contributed by atoms with van der Waals surface area (Å²) in [7, 11) is 0. The Balaban J connectivity index is 0.000000336. The van der Waals surface area contributed by atoms with Crippen LogP contribution in [-0.2, 0) is 6.42 Å². The summed E-state index contributed by atoms with van der Waals surface area (Å²) in [5, 5.41) is 0. The molecule has 4 N–H and O–H groups in total. The van der Waals surface area contributed by atoms with E-state index in [0.717, 1.165) is 12.0 Å². The molecule has 0 aliphatic heterocycles. The van der Waals surface area contributed by atoms with Gasteiger partial charge in [-0.3, -0.25) is 16.5 Å². The summed E-state index contributed by atoms with van der Waals surface area (Å²) in [6.07, 6.45) is 1.65. The third kappa shape index (κ3) is 1.52. The fourth-order valence-electron chi connectivity index (χ4n) is 1.39. The molecule has 1 aliphatic carbocycles. The number of ketones is 1. The molecule has 0 spiro atoms. The molecule has 0 fully saturated rings. The molecule has 2 rings (SSSR count). The molecule has 0 heterocycles. The van der Waals surface area contributed by atoms with E-state index in [2.05, 4.69) is 11.7 Å². The van der Waals surface area contributed by atoms with Gasteiger partial charge in [0.1, 0.15) is 0 Å². The molecule has 3 nitrogen and oxygen atoms in total. The van der Waals surface area contributed by atoms with Crippen LogP contribution in [0, 0.1) is 0 Å². The van der Waals surface area contributed by atoms with Crippen LogP contribution in [0.15, 0.2) is 24.3 Å². The van der Waals surface area contributed by atoms with Gasteiger partial charge >= 0.3 is 0 Å². The fraction of sp³-hybridized carbons (Fsp3) is 0.222. The minimum atomic E-state index is 0.301. The monoisotopic (exact) mass is 164 g/mol. The molecule has 0 unspecified atom stereocenters. The van der Waals surface area contributed by atoms with Gasteiger partial charge in [-0.1, -0.05) is 24.3 Å². The lowest BCUT2D eigenvalue weighted by atomic mass is 10.1. The lowest BCUT2D eigenvalue weighted by Crippen LogP contribution is -2.02. The van der Waals surface area contributed by atoms with Gasteiger partial charge in [0.25, 0.3) is 0 Å². The van der Waals surface area contributed by atoms with Crippen molar-refractivity contribution < 1.29 is 4.79 Å². The Hall–Kier alpha value is -1.19. The third-order valence-corrected chi connectivity index (χ3v) is 1.94. The van der Waals surface area contributed by atoms with Gasteiger partial charge in [-0.15, -0.1) is 0 Å². The maximum absolute atomic E-state index is 11.1. The van der Waals surface area contributed by atoms with Crippen molar-refractivity contribution in [2.24, 2.45) is 11.7 Å². The average Bonchev–Trinajstić information content (AvgIpc) is 2.53. The number of aryl methyl sites for hydroxylation is 1. The number of carbonyl (C=O) groups is 1. The largest absolute Gasteiger partial charge is 0.294 e. The van der Waals surface area contributed by atoms with Crippen LogP contribution in [0.3, 0.4) is 0 Å². The minimum absolute atomic E-state index is 0.301. The summed E-state index contributed by atoms with van der Waals surface area (Å²) in [5.74, 6) is 8.30. The Labute approximate surface area is 71.3 Å². The number of fused-ring (bicyclic) bond motifs is 1. The first-order chi connectivity index (χ1) is 5.88. The smallest absolute Gasteiger partial charge is 0.163 e. The van der Waals surface area contributed by atoms with E-state index in [0.29, 0.717) is 12.2 Å². The van der Waals surface area contributed by atoms with Gasteiger partial charge in [0, 0.05) is 12.0 Å². The van der Waals surface area contributed by atoms with Gasteiger partial charge in [-0.25, -0.2) is 0 Å². The van der Waals surface area contributed by atoms with Crippen LogP contribution < -0.4 is 11.7 Å². The van der Waals surface area contributed by atoms with Gasteiger partial charge in [0.15, 0.2) is 5.78 Å². The summed E-state index contributed by atoms with van der Waals surface area (Å²) < 4.78 is 0. The van der Waals surface area contributed by atoms with Gasteiger partial charge in [-0.2, -0.15) is 0 Å². The number of hydrogen-bond donors (Lipinski definition) is 2. The molecule has 0 atom stereocenters. The summed E-state index contributed by atoms with van der Waals surface area (Å²) in [6.45, 7) is 0. The standard InChI is InChI=1S/C9H8O.H4N2/c10-9-6-5-7-3-1-2-4-8(7)9;1-2/h1-4H,5-6H2;1-2H2. The summed E-state index contributed by atoms with van der Waals surface area (Å²) in [6, 6.07) is 7.84. The van der Waals surface area contributed by atoms with E-state index in [1.54, 1.807) is 0 Å². The van der Waals surface area contributed by atoms with Crippen molar-refractivity contribution in [2.45, 2.75) is 12.8 Å². The molecule has 0 aromatic heterocycles. The molecule has 12 heavy (non-hydrogen) atoms. The van der Waals surface area contributed by atoms with Crippen molar-refractivity contribution in [3.05, 3.63) is 35.4 Å². The number of Topliss-reactive ketones (excluding diaryl/α,β-unsaturated/α-hetero) is 1. The quantitative estimate of drug-likeness (QED) is 0.436. The average molecular weight is 164 g/mol. The first-order valence-corrected chi connectivity index (χ1v) is 3.82. The van der Waals surface area contributed by atoms with Crippen LogP contribution in [0.4, 0.5) is 0 Å². The highest BCUT2D eigenvalue weighted by Gasteiger charge is 2.17. The van der Waals surface area contributed by atoms with Crippen molar-refractivity contribution in [1.82, 2.24) is 0 Å². The SMILES string of the molecule is NN.O=C1CCc2ccccc21. The summed E-state index contributed by atoms with van der Waals surface area (Å²) in [5.41, 5.74) is 2.15. The molecule has 0 saturated heterocycles. The van der Waals surface area contributed by atoms with Crippen LogP contribution in [0.1, 0.15) is 22.3 Å². The lowest BCUT2D eigenvalue weighted by molar-refractivity contribution is 0.0994. The predicted octanol–water partition coefficient (Wildman–Crippen LogP) is 0.634. The van der Waals surface area contributed by atoms with Crippen molar-refractivity contribution in [3.8, 4) is 0 Å². The van der Waals surface area contributed by atoms with Crippen molar-refractivity contribution in [3.63, 3.8) is 0 Å². The number of carbonyl (C=O) groups excluding carboxylic acids is 1. The number of benzene rings is 1. The van der Waals surface area contributed by atoms with E-state index < -0.39 is 0 Å². The highest BCUT2D eigenvalue weighted by atomic mass is 16.1. The molecular weight excluding hydrogens is 152 g/mol. The van der Waals surface area contributed by atoms with Crippen LogP contribution in [0.5, 0.6) is 0 Å². The van der Waals surface area contributed by atoms with E-state index in [1.807, 2.05) is 24.3 Å². The Morgan fingerprint density at radius 2 is 1.75 bits per heavy atom. The number of nitrogens with two attached hydrogens (primary N) is 2. The number of hydrogen-bond acceptors (Lipinski definition) is 3. The van der Waals surface area contributed by atoms with Gasteiger partial charge in [-0.05, 0) is 12.0 Å². The van der Waals surface area contributed by atoms with Crippen molar-refractivity contribution in [1.29, 1.82) is 0 Å². The normalized spacial score (nSPS) is 13.3. The molecular formula is C9H12N2O. The zero-order valence-electron chi connectivity index (χ0n) is 6.79. The van der Waals surface area contributed by atoms with Crippen LogP contribution in [0.25, 0.3) is 0 Å². The van der Waals surface area contributed by atoms with Gasteiger partial charge in [0.2, 0.25) is 0 Å². The molecule has 1 aromatic carbocycles. The van der Waals surface area contributed by atoms with E-state index in [-0.39, 0.29) is 0 Å². The lowest BCUT2D eigenvalue weighted by Gasteiger charge is -1.92. The Morgan fingerprint density at radius 3 is 2.42 bits per heavy atom. The summed E-state index contributed by atoms with van der Waals surface area (Å²) >= 11 is 0. The van der Waals surface area contributed by atoms with Crippen molar-refractivity contribution in [2.75, 3.05) is 0 Å². The Bertz CT molecular complexity index is 284. The highest BCUT2D eigenvalue weighted by molar-refractivity contribution is 6.00. The Kier molecular flexibility index (Phi) is 2.96. The molecule has 64 valence electrons. The number of rotatable bonds is 0. The van der Waals surface area contributed by atoms with E-state index >= 15 is 0 Å². The van der Waals surface area contributed by atoms with Gasteiger partial charge < -0.3 is 0 Å². The van der Waals surface area contributed by atoms with Gasteiger partial charge in [0.05, 0.1) is 0 Å². The second kappa shape index (κ2) is 3.99. The molecule has 0 radical (unpaired) electrons. The summed E-state index contributed by atoms with van der Waals surface area (Å²) in [4.78, 5) is 11.1. The third-order valence-electron chi connectivity index (χ3n) is 1.94. The molecule has 0 amide bonds. The van der Waals surface area contributed by atoms with Crippen LogP contribution in [0.2, 0.25) is 0 Å². The van der Waals surface area contributed by atoms with Crippen molar-refractivity contribution >= 4 is 5.78 Å². The maximum atomic E-state index is 11.1. The zero-order valence-corrected chi connectivity index (χ0v) is 6.79. The topological polar surface area (TPSA) is 69.1 Å². The molecule has 3 heteroatoms. The molecule has 0 bridgehead atoms. The first kappa shape index (κ1) is 8.90. The first-order valence-electron chi connectivity index (χ1n) is 3.82. The van der Waals surface area contributed by atoms with Crippen LogP contribution >= 0.6 is 0 Å². The van der Waals surface area contributed by atoms with Crippen LogP contribution in [-0.4, -0.2) is 5.78 Å². The van der Waals surface area contributed by atoms with E-state index in [4.69, 9.17) is 0 Å². The predicted molar refractivity (Wildman–Crippen MR) is 47.5 cm³/mol. The molecule has 1 aromatic rings. The highest BCUT2D eigenvalue weighted by Crippen LogP contribution is 2.20. The number of hydrazine groups is 1. The molecule has 1 aliphatic rings. The second-order valence-electron chi connectivity index (χ2n) is 2.58. The second-order valence-corrected chi connectivity index (χ2v) is 2.58. The maximum Gasteiger partial charge on any atom is 0.163 e. The Morgan fingerprint density at radius 1 is 1.08 bits per heavy atom. The molecule has 0 saturated carbocycles. The van der Waals surface area contributed by atoms with E-state index in [1.165, 1.54) is 5.56 Å². The minimum Gasteiger partial charge on any atom is -0.294 e. The zero-order chi connectivity index (χ0) is 8.97. The van der Waals surface area contributed by atoms with E-state index in [9.17, 15) is 4.79 Å².